The van der Waals surface area contributed by atoms with Gasteiger partial charge < -0.3 is 0 Å². The summed E-state index contributed by atoms with van der Waals surface area (Å²) in [6, 6.07) is 3.10. The highest BCUT2D eigenvalue weighted by atomic mass is 35.5. The third kappa shape index (κ3) is 3.83. The minimum atomic E-state index is -4.29. The Morgan fingerprint density at radius 2 is 2.18 bits per heavy atom. The second kappa shape index (κ2) is 6.45. The first-order valence-electron chi connectivity index (χ1n) is 6.34. The Morgan fingerprint density at radius 3 is 2.77 bits per heavy atom. The molecule has 0 spiro atoms. The lowest BCUT2D eigenvalue weighted by atomic mass is 10.2. The van der Waals surface area contributed by atoms with Gasteiger partial charge in [-0.05, 0) is 30.7 Å². The first kappa shape index (κ1) is 16.4. The molecule has 0 aliphatic heterocycles. The third-order valence-electron chi connectivity index (χ3n) is 2.81. The molecule has 2 rings (SSSR count). The smallest absolute Gasteiger partial charge is 0.266 e. The molecular weight excluding hydrogens is 333 g/mol. The minimum absolute atomic E-state index is 0.0646. The molecule has 1 aromatic heterocycles. The molecule has 22 heavy (non-hydrogen) atoms. The van der Waals surface area contributed by atoms with Crippen molar-refractivity contribution < 1.29 is 17.6 Å². The van der Waals surface area contributed by atoms with Crippen LogP contribution in [-0.4, -0.2) is 24.1 Å². The van der Waals surface area contributed by atoms with Gasteiger partial charge in [0.05, 0.1) is 12.6 Å². The Morgan fingerprint density at radius 1 is 1.45 bits per heavy atom. The van der Waals surface area contributed by atoms with Gasteiger partial charge in [-0.1, -0.05) is 11.6 Å². The third-order valence-corrected chi connectivity index (χ3v) is 4.45. The number of aromatic nitrogens is 2. The van der Waals surface area contributed by atoms with E-state index in [9.17, 15) is 17.6 Å². The van der Waals surface area contributed by atoms with Crippen molar-refractivity contribution in [2.75, 3.05) is 0 Å². The van der Waals surface area contributed by atoms with Gasteiger partial charge in [-0.2, -0.15) is 5.10 Å². The first-order valence-corrected chi connectivity index (χ1v) is 8.20. The van der Waals surface area contributed by atoms with Crippen LogP contribution in [0.5, 0.6) is 0 Å². The zero-order valence-corrected chi connectivity index (χ0v) is 13.2. The molecule has 1 amide bonds. The van der Waals surface area contributed by atoms with Crippen LogP contribution in [0.2, 0.25) is 5.02 Å². The molecule has 0 bridgehead atoms. The average molecular weight is 346 g/mol. The number of hydrogen-bond donors (Lipinski definition) is 1. The van der Waals surface area contributed by atoms with Crippen molar-refractivity contribution in [1.29, 1.82) is 0 Å². The molecule has 118 valence electrons. The molecule has 0 unspecified atom stereocenters. The van der Waals surface area contributed by atoms with Crippen LogP contribution in [0, 0.1) is 5.82 Å². The molecule has 6 nitrogen and oxygen atoms in total. The van der Waals surface area contributed by atoms with Crippen molar-refractivity contribution in [3.8, 4) is 0 Å². The molecule has 0 aliphatic rings. The lowest BCUT2D eigenvalue weighted by Gasteiger charge is -2.07. The molecule has 9 heteroatoms. The van der Waals surface area contributed by atoms with Crippen LogP contribution in [-0.2, 0) is 27.8 Å². The highest BCUT2D eigenvalue weighted by molar-refractivity contribution is 7.90. The van der Waals surface area contributed by atoms with Crippen LogP contribution in [0.15, 0.2) is 35.5 Å². The number of nitrogens with one attached hydrogen (secondary N) is 1. The molecule has 1 N–H and O–H groups in total. The van der Waals surface area contributed by atoms with Gasteiger partial charge in [-0.25, -0.2) is 17.5 Å². The molecule has 0 fully saturated rings. The number of nitrogens with zero attached hydrogens (tertiary/aromatic N) is 2. The van der Waals surface area contributed by atoms with E-state index >= 15 is 0 Å². The largest absolute Gasteiger partial charge is 0.274 e. The highest BCUT2D eigenvalue weighted by Crippen LogP contribution is 2.18. The van der Waals surface area contributed by atoms with Crippen LogP contribution in [0.3, 0.4) is 0 Å². The van der Waals surface area contributed by atoms with Crippen molar-refractivity contribution in [2.45, 2.75) is 24.8 Å². The van der Waals surface area contributed by atoms with Crippen molar-refractivity contribution in [1.82, 2.24) is 14.5 Å². The number of carbonyl (C=O) groups excluding carboxylic acids is 1. The zero-order valence-electron chi connectivity index (χ0n) is 11.6. The molecule has 0 saturated carbocycles. The van der Waals surface area contributed by atoms with Crippen molar-refractivity contribution in [2.24, 2.45) is 0 Å². The fraction of sp³-hybridized carbons (Fsp3) is 0.231. The van der Waals surface area contributed by atoms with Gasteiger partial charge in [-0.15, -0.1) is 0 Å². The van der Waals surface area contributed by atoms with Crippen LogP contribution in [0.4, 0.5) is 4.39 Å². The summed E-state index contributed by atoms with van der Waals surface area (Å²) < 4.78 is 41.1. The fourth-order valence-corrected chi connectivity index (χ4v) is 2.99. The predicted octanol–water partition coefficient (Wildman–Crippen LogP) is 1.74. The standard InChI is InChI=1S/C13H13ClFN3O3S/c1-2-18-8-9(7-16-18)5-13(19)17-22(20,21)12-4-3-10(14)6-11(12)15/h3-4,6-8H,2,5H2,1H3,(H,17,19). The lowest BCUT2D eigenvalue weighted by molar-refractivity contribution is -0.118. The summed E-state index contributed by atoms with van der Waals surface area (Å²) in [4.78, 5) is 11.2. The number of aryl methyl sites for hydroxylation is 1. The molecule has 0 atom stereocenters. The Bertz CT molecular complexity index is 805. The first-order chi connectivity index (χ1) is 10.3. The summed E-state index contributed by atoms with van der Waals surface area (Å²) in [5.41, 5.74) is 0.561. The number of halogens is 2. The SMILES string of the molecule is CCn1cc(CC(=O)NS(=O)(=O)c2ccc(Cl)cc2F)cn1. The van der Waals surface area contributed by atoms with Crippen LogP contribution in [0.1, 0.15) is 12.5 Å². The molecule has 2 aromatic rings. The van der Waals surface area contributed by atoms with Crippen molar-refractivity contribution >= 4 is 27.5 Å². The Kier molecular flexibility index (Phi) is 4.82. The van der Waals surface area contributed by atoms with Gasteiger partial charge in [0, 0.05) is 17.8 Å². The molecular formula is C13H13ClFN3O3S. The van der Waals surface area contributed by atoms with E-state index in [0.29, 0.717) is 12.1 Å². The van der Waals surface area contributed by atoms with E-state index in [2.05, 4.69) is 5.10 Å². The zero-order chi connectivity index (χ0) is 16.3. The van der Waals surface area contributed by atoms with Crippen LogP contribution in [0.25, 0.3) is 0 Å². The van der Waals surface area contributed by atoms with E-state index in [0.717, 1.165) is 12.1 Å². The van der Waals surface area contributed by atoms with E-state index < -0.39 is 26.6 Å². The predicted molar refractivity (Wildman–Crippen MR) is 78.3 cm³/mol. The number of benzene rings is 1. The maximum Gasteiger partial charge on any atom is 0.266 e. The lowest BCUT2D eigenvalue weighted by Crippen LogP contribution is -2.32. The van der Waals surface area contributed by atoms with E-state index in [1.54, 1.807) is 10.9 Å². The molecule has 1 aromatic carbocycles. The van der Waals surface area contributed by atoms with Crippen LogP contribution >= 0.6 is 11.6 Å². The Balaban J connectivity index is 2.12. The summed E-state index contributed by atoms with van der Waals surface area (Å²) in [6.45, 7) is 2.51. The van der Waals surface area contributed by atoms with Crippen molar-refractivity contribution in [3.05, 3.63) is 47.0 Å². The number of amides is 1. The maximum absolute atomic E-state index is 13.6. The summed E-state index contributed by atoms with van der Waals surface area (Å²) in [5.74, 6) is -1.79. The Hall–Kier alpha value is -1.93. The minimum Gasteiger partial charge on any atom is -0.274 e. The summed E-state index contributed by atoms with van der Waals surface area (Å²) in [7, 11) is -4.29. The monoisotopic (exact) mass is 345 g/mol. The summed E-state index contributed by atoms with van der Waals surface area (Å²) >= 11 is 5.56. The topological polar surface area (TPSA) is 81.1 Å². The molecule has 0 saturated heterocycles. The fourth-order valence-electron chi connectivity index (χ4n) is 1.79. The van der Waals surface area contributed by atoms with E-state index in [1.807, 2.05) is 11.6 Å². The van der Waals surface area contributed by atoms with Gasteiger partial charge in [0.2, 0.25) is 5.91 Å². The molecule has 0 aliphatic carbocycles. The van der Waals surface area contributed by atoms with E-state index in [1.165, 1.54) is 12.3 Å². The number of carbonyl (C=O) groups is 1. The van der Waals surface area contributed by atoms with Gasteiger partial charge in [-0.3, -0.25) is 9.48 Å². The molecule has 0 radical (unpaired) electrons. The number of hydrogen-bond acceptors (Lipinski definition) is 4. The molecule has 1 heterocycles. The number of sulfonamides is 1. The number of rotatable bonds is 5. The summed E-state index contributed by atoms with van der Waals surface area (Å²) in [5, 5.41) is 4.04. The van der Waals surface area contributed by atoms with Crippen molar-refractivity contribution in [3.63, 3.8) is 0 Å². The average Bonchev–Trinajstić information content (AvgIpc) is 2.84. The normalized spacial score (nSPS) is 11.4. The van der Waals surface area contributed by atoms with Gasteiger partial charge in [0.1, 0.15) is 10.7 Å². The van der Waals surface area contributed by atoms with Gasteiger partial charge in [0.15, 0.2) is 0 Å². The van der Waals surface area contributed by atoms with Crippen LogP contribution < -0.4 is 4.72 Å². The maximum atomic E-state index is 13.6. The Labute approximate surface area is 131 Å². The van der Waals surface area contributed by atoms with E-state index in [-0.39, 0.29) is 11.4 Å². The quantitative estimate of drug-likeness (QED) is 0.895. The second-order valence-corrected chi connectivity index (χ2v) is 6.57. The van der Waals surface area contributed by atoms with Gasteiger partial charge >= 0.3 is 0 Å². The van der Waals surface area contributed by atoms with Gasteiger partial charge in [0.25, 0.3) is 10.0 Å². The summed E-state index contributed by atoms with van der Waals surface area (Å²) in [6.07, 6.45) is 2.93. The highest BCUT2D eigenvalue weighted by Gasteiger charge is 2.22. The second-order valence-electron chi connectivity index (χ2n) is 4.48. The van der Waals surface area contributed by atoms with E-state index in [4.69, 9.17) is 11.6 Å².